The summed E-state index contributed by atoms with van der Waals surface area (Å²) in [5, 5.41) is 0. The van der Waals surface area contributed by atoms with E-state index in [0.717, 1.165) is 19.4 Å². The minimum atomic E-state index is 0.280. The van der Waals surface area contributed by atoms with Crippen LogP contribution in [0.25, 0.3) is 0 Å². The van der Waals surface area contributed by atoms with Gasteiger partial charge >= 0.3 is 0 Å². The smallest absolute Gasteiger partial charge is 0.0965 e. The molecule has 0 fully saturated rings. The summed E-state index contributed by atoms with van der Waals surface area (Å²) in [6, 6.07) is 0. The first-order valence-electron chi connectivity index (χ1n) is 6.43. The number of nitrogens with two attached hydrogens (primary N) is 2. The van der Waals surface area contributed by atoms with Gasteiger partial charge in [0.15, 0.2) is 0 Å². The molecule has 0 amide bonds. The van der Waals surface area contributed by atoms with E-state index in [1.807, 2.05) is 19.1 Å². The Bertz CT molecular complexity index is 286. The van der Waals surface area contributed by atoms with Gasteiger partial charge in [-0.2, -0.15) is 0 Å². The van der Waals surface area contributed by atoms with E-state index in [1.165, 1.54) is 5.57 Å². The Kier molecular flexibility index (Phi) is 14.5. The zero-order valence-electron chi connectivity index (χ0n) is 12.3. The van der Waals surface area contributed by atoms with Gasteiger partial charge in [0.2, 0.25) is 0 Å². The van der Waals surface area contributed by atoms with E-state index in [-0.39, 0.29) is 5.92 Å². The average molecular weight is 251 g/mol. The zero-order chi connectivity index (χ0) is 14.4. The maximum absolute atomic E-state index is 5.73. The van der Waals surface area contributed by atoms with E-state index >= 15 is 0 Å². The highest BCUT2D eigenvalue weighted by atomic mass is 14.8. The number of hydrogen-bond donors (Lipinski definition) is 2. The number of allylic oxidation sites excluding steroid dienone is 5. The van der Waals surface area contributed by atoms with Gasteiger partial charge in [0.25, 0.3) is 0 Å². The lowest BCUT2D eigenvalue weighted by Crippen LogP contribution is -2.21. The minimum absolute atomic E-state index is 0.280. The topological polar surface area (TPSA) is 64.4 Å². The molecule has 0 aliphatic carbocycles. The van der Waals surface area contributed by atoms with Crippen LogP contribution >= 0.6 is 0 Å². The van der Waals surface area contributed by atoms with Crippen molar-refractivity contribution < 1.29 is 0 Å². The molecule has 4 N–H and O–H groups in total. The predicted octanol–water partition coefficient (Wildman–Crippen LogP) is 3.04. The number of rotatable bonds is 6. The van der Waals surface area contributed by atoms with E-state index in [4.69, 9.17) is 11.5 Å². The fourth-order valence-corrected chi connectivity index (χ4v) is 1.24. The average Bonchev–Trinajstić information content (AvgIpc) is 2.38. The van der Waals surface area contributed by atoms with Crippen molar-refractivity contribution in [2.75, 3.05) is 13.6 Å². The summed E-state index contributed by atoms with van der Waals surface area (Å²) in [4.78, 5) is 3.98. The molecule has 0 aliphatic rings. The monoisotopic (exact) mass is 251 g/mol. The molecule has 0 spiro atoms. The summed E-state index contributed by atoms with van der Waals surface area (Å²) in [6.07, 6.45) is 9.88. The Morgan fingerprint density at radius 3 is 2.33 bits per heavy atom. The predicted molar refractivity (Wildman–Crippen MR) is 83.8 cm³/mol. The van der Waals surface area contributed by atoms with Gasteiger partial charge < -0.3 is 11.5 Å². The van der Waals surface area contributed by atoms with Crippen LogP contribution in [0, 0.1) is 5.92 Å². The van der Waals surface area contributed by atoms with Gasteiger partial charge in [0.1, 0.15) is 0 Å². The lowest BCUT2D eigenvalue weighted by Gasteiger charge is -2.10. The highest BCUT2D eigenvalue weighted by Gasteiger charge is 2.06. The quantitative estimate of drug-likeness (QED) is 0.433. The summed E-state index contributed by atoms with van der Waals surface area (Å²) in [7, 11) is 1.72. The molecule has 3 nitrogen and oxygen atoms in total. The van der Waals surface area contributed by atoms with Crippen LogP contribution < -0.4 is 11.5 Å². The number of nitrogens with zero attached hydrogens (tertiary/aromatic N) is 1. The molecule has 0 aromatic rings. The Labute approximate surface area is 112 Å². The van der Waals surface area contributed by atoms with E-state index in [9.17, 15) is 0 Å². The van der Waals surface area contributed by atoms with Crippen LogP contribution in [0.2, 0.25) is 0 Å². The highest BCUT2D eigenvalue weighted by Crippen LogP contribution is 2.13. The molecule has 104 valence electrons. The first-order valence-corrected chi connectivity index (χ1v) is 6.43. The molecule has 3 heteroatoms. The van der Waals surface area contributed by atoms with Gasteiger partial charge in [-0.05, 0) is 31.9 Å². The number of aliphatic imine (C=N–C) groups is 1. The van der Waals surface area contributed by atoms with Gasteiger partial charge in [-0.25, -0.2) is 0 Å². The van der Waals surface area contributed by atoms with Crippen LogP contribution in [0.5, 0.6) is 0 Å². The second kappa shape index (κ2) is 13.7. The Morgan fingerprint density at radius 1 is 1.44 bits per heavy atom. The van der Waals surface area contributed by atoms with Crippen LogP contribution in [0.1, 0.15) is 33.6 Å². The second-order valence-electron chi connectivity index (χ2n) is 4.02. The largest absolute Gasteiger partial charge is 0.387 e. The normalized spacial score (nSPS) is 14.1. The fraction of sp³-hybridized carbons (Fsp3) is 0.533. The summed E-state index contributed by atoms with van der Waals surface area (Å²) in [5.41, 5.74) is 12.0. The lowest BCUT2D eigenvalue weighted by molar-refractivity contribution is 0.760. The van der Waals surface area contributed by atoms with Gasteiger partial charge in [-0.15, -0.1) is 0 Å². The summed E-state index contributed by atoms with van der Waals surface area (Å²) in [6.45, 7) is 10.6. The van der Waals surface area contributed by atoms with Crippen LogP contribution in [-0.2, 0) is 0 Å². The van der Waals surface area contributed by atoms with Crippen molar-refractivity contribution in [2.24, 2.45) is 22.4 Å². The second-order valence-corrected chi connectivity index (χ2v) is 4.02. The highest BCUT2D eigenvalue weighted by molar-refractivity contribution is 5.82. The first-order chi connectivity index (χ1) is 8.56. The number of hydrogen-bond acceptors (Lipinski definition) is 2. The molecule has 0 aliphatic heterocycles. The molecular formula is C15H29N3. The Hall–Kier alpha value is -1.35. The van der Waals surface area contributed by atoms with Crippen molar-refractivity contribution in [3.8, 4) is 0 Å². The molecule has 0 rings (SSSR count). The summed E-state index contributed by atoms with van der Waals surface area (Å²) >= 11 is 0. The molecule has 0 bridgehead atoms. The molecule has 1 atom stereocenters. The minimum Gasteiger partial charge on any atom is -0.387 e. The summed E-state index contributed by atoms with van der Waals surface area (Å²) in [5.74, 6) is 0.979. The van der Waals surface area contributed by atoms with Crippen molar-refractivity contribution in [3.63, 3.8) is 0 Å². The van der Waals surface area contributed by atoms with E-state index in [2.05, 4.69) is 31.5 Å². The maximum atomic E-state index is 5.73. The SMILES string of the molecule is C=C/C=C(\C=C/C)CC(C)C(N)=NC.CCCN. The van der Waals surface area contributed by atoms with Crippen LogP contribution in [0.4, 0.5) is 0 Å². The zero-order valence-corrected chi connectivity index (χ0v) is 12.3. The molecule has 0 aromatic carbocycles. The van der Waals surface area contributed by atoms with E-state index in [1.54, 1.807) is 13.1 Å². The third-order valence-electron chi connectivity index (χ3n) is 2.31. The fourth-order valence-electron chi connectivity index (χ4n) is 1.24. The molecule has 0 aromatic heterocycles. The Balaban J connectivity index is 0. The summed E-state index contributed by atoms with van der Waals surface area (Å²) < 4.78 is 0. The van der Waals surface area contributed by atoms with Crippen LogP contribution in [0.3, 0.4) is 0 Å². The molecule has 0 saturated carbocycles. The van der Waals surface area contributed by atoms with Crippen molar-refractivity contribution in [1.29, 1.82) is 0 Å². The maximum Gasteiger partial charge on any atom is 0.0965 e. The third-order valence-corrected chi connectivity index (χ3v) is 2.31. The van der Waals surface area contributed by atoms with Crippen molar-refractivity contribution in [1.82, 2.24) is 0 Å². The standard InChI is InChI=1S/C12H20N2.C3H9N/c1-5-7-11(8-6-2)9-10(3)12(13)14-4;1-2-3-4/h5-8,10H,1,9H2,2-4H3,(H2,13,14);2-4H2,1H3/b8-6-,11-7+;. The third kappa shape index (κ3) is 11.1. The molecule has 0 radical (unpaired) electrons. The van der Waals surface area contributed by atoms with Crippen molar-refractivity contribution in [2.45, 2.75) is 33.6 Å². The lowest BCUT2D eigenvalue weighted by atomic mass is 9.99. The number of amidine groups is 1. The van der Waals surface area contributed by atoms with Gasteiger partial charge in [0, 0.05) is 13.0 Å². The van der Waals surface area contributed by atoms with Gasteiger partial charge in [-0.1, -0.05) is 44.7 Å². The van der Waals surface area contributed by atoms with Gasteiger partial charge in [0.05, 0.1) is 5.84 Å². The molecule has 1 unspecified atom stereocenters. The van der Waals surface area contributed by atoms with Gasteiger partial charge in [-0.3, -0.25) is 4.99 Å². The Morgan fingerprint density at radius 2 is 2.00 bits per heavy atom. The van der Waals surface area contributed by atoms with Crippen molar-refractivity contribution >= 4 is 5.84 Å². The van der Waals surface area contributed by atoms with Crippen LogP contribution in [0.15, 0.2) is 41.4 Å². The van der Waals surface area contributed by atoms with Crippen LogP contribution in [-0.4, -0.2) is 19.4 Å². The van der Waals surface area contributed by atoms with E-state index in [0.29, 0.717) is 5.84 Å². The molecule has 0 heterocycles. The first kappa shape index (κ1) is 19.0. The molecule has 0 saturated heterocycles. The molecular weight excluding hydrogens is 222 g/mol. The van der Waals surface area contributed by atoms with E-state index < -0.39 is 0 Å². The molecule has 18 heavy (non-hydrogen) atoms. The van der Waals surface area contributed by atoms with Crippen molar-refractivity contribution in [3.05, 3.63) is 36.5 Å².